The molecule has 0 unspecified atom stereocenters. The molecule has 0 atom stereocenters. The predicted molar refractivity (Wildman–Crippen MR) is 55.1 cm³/mol. The van der Waals surface area contributed by atoms with Crippen molar-refractivity contribution >= 4 is 22.6 Å². The highest BCUT2D eigenvalue weighted by Crippen LogP contribution is 2.41. The minimum Gasteiger partial charge on any atom is -0.392 e. The van der Waals surface area contributed by atoms with Gasteiger partial charge in [-0.1, -0.05) is 0 Å². The van der Waals surface area contributed by atoms with Crippen LogP contribution < -0.4 is 0 Å². The van der Waals surface area contributed by atoms with Gasteiger partial charge in [-0.05, 0) is 34.7 Å². The van der Waals surface area contributed by atoms with Gasteiger partial charge in [-0.2, -0.15) is 26.3 Å². The topological polar surface area (TPSA) is 20.2 Å². The largest absolute Gasteiger partial charge is 0.417 e. The second kappa shape index (κ2) is 4.63. The van der Waals surface area contributed by atoms with E-state index in [0.717, 1.165) is 6.07 Å². The maximum atomic E-state index is 12.6. The van der Waals surface area contributed by atoms with Gasteiger partial charge < -0.3 is 5.11 Å². The lowest BCUT2D eigenvalue weighted by atomic mass is 10.0. The third kappa shape index (κ3) is 3.03. The first-order valence-electron chi connectivity index (χ1n) is 4.15. The molecule has 1 nitrogen and oxygen atoms in total. The number of hydrogen-bond acceptors (Lipinski definition) is 1. The highest BCUT2D eigenvalue weighted by atomic mass is 127. The van der Waals surface area contributed by atoms with Crippen LogP contribution in [-0.2, 0) is 19.0 Å². The zero-order chi connectivity index (χ0) is 13.4. The summed E-state index contributed by atoms with van der Waals surface area (Å²) in [6.45, 7) is -1.32. The maximum Gasteiger partial charge on any atom is 0.417 e. The fourth-order valence-corrected chi connectivity index (χ4v) is 2.17. The van der Waals surface area contributed by atoms with E-state index in [9.17, 15) is 26.3 Å². The van der Waals surface area contributed by atoms with E-state index in [4.69, 9.17) is 5.11 Å². The van der Waals surface area contributed by atoms with E-state index in [0.29, 0.717) is 6.07 Å². The Morgan fingerprint density at radius 2 is 1.53 bits per heavy atom. The number of rotatable bonds is 1. The van der Waals surface area contributed by atoms with Crippen molar-refractivity contribution in [3.05, 3.63) is 32.4 Å². The first-order valence-corrected chi connectivity index (χ1v) is 5.23. The molecule has 0 fully saturated rings. The van der Waals surface area contributed by atoms with Crippen LogP contribution in [0.4, 0.5) is 26.3 Å². The second-order valence-corrected chi connectivity index (χ2v) is 4.26. The van der Waals surface area contributed by atoms with Crippen LogP contribution in [0.3, 0.4) is 0 Å². The monoisotopic (exact) mass is 370 g/mol. The Labute approximate surface area is 106 Å². The lowest BCUT2D eigenvalue weighted by Gasteiger charge is -2.18. The Bertz CT molecular complexity index is 423. The first kappa shape index (κ1) is 14.6. The first-order chi connectivity index (χ1) is 7.59. The fraction of sp³-hybridized carbons (Fsp3) is 0.333. The summed E-state index contributed by atoms with van der Waals surface area (Å²) in [6.07, 6.45) is -9.86. The average molecular weight is 370 g/mol. The molecule has 0 aliphatic heterocycles. The highest BCUT2D eigenvalue weighted by Gasteiger charge is 2.41. The minimum absolute atomic E-state index is 0.382. The summed E-state index contributed by atoms with van der Waals surface area (Å²) in [6, 6.07) is 1.26. The Morgan fingerprint density at radius 3 is 1.88 bits per heavy atom. The standard InChI is InChI=1S/C9H5F6IO/c10-8(11,12)5-1-2-6(16)7(4(5)3-17)9(13,14)15/h1-2,17H,3H2. The smallest absolute Gasteiger partial charge is 0.392 e. The van der Waals surface area contributed by atoms with Crippen LogP contribution in [-0.4, -0.2) is 5.11 Å². The molecule has 8 heteroatoms. The van der Waals surface area contributed by atoms with Gasteiger partial charge in [0.15, 0.2) is 0 Å². The van der Waals surface area contributed by atoms with Gasteiger partial charge in [0.2, 0.25) is 0 Å². The molecule has 1 N–H and O–H groups in total. The van der Waals surface area contributed by atoms with Crippen molar-refractivity contribution in [2.24, 2.45) is 0 Å². The maximum absolute atomic E-state index is 12.6. The zero-order valence-electron chi connectivity index (χ0n) is 7.95. The van der Waals surface area contributed by atoms with Crippen molar-refractivity contribution in [3.8, 4) is 0 Å². The molecular weight excluding hydrogens is 365 g/mol. The van der Waals surface area contributed by atoms with Gasteiger partial charge >= 0.3 is 12.4 Å². The van der Waals surface area contributed by atoms with Gasteiger partial charge in [0.05, 0.1) is 17.7 Å². The number of hydrogen-bond donors (Lipinski definition) is 1. The lowest BCUT2D eigenvalue weighted by Crippen LogP contribution is -2.18. The van der Waals surface area contributed by atoms with Crippen molar-refractivity contribution < 1.29 is 31.4 Å². The summed E-state index contributed by atoms with van der Waals surface area (Å²) in [4.78, 5) is 0. The normalized spacial score (nSPS) is 12.9. The number of aliphatic hydroxyl groups excluding tert-OH is 1. The Morgan fingerprint density at radius 1 is 1.00 bits per heavy atom. The molecule has 0 saturated carbocycles. The van der Waals surface area contributed by atoms with Crippen molar-refractivity contribution in [1.29, 1.82) is 0 Å². The Balaban J connectivity index is 3.60. The number of alkyl halides is 6. The molecule has 0 amide bonds. The van der Waals surface area contributed by atoms with E-state index in [1.807, 2.05) is 0 Å². The number of aliphatic hydroxyl groups is 1. The average Bonchev–Trinajstić information content (AvgIpc) is 2.12. The molecule has 0 bridgehead atoms. The molecule has 0 aliphatic rings. The summed E-state index contributed by atoms with van der Waals surface area (Å²) >= 11 is 1.28. The molecular formula is C9H5F6IO. The second-order valence-electron chi connectivity index (χ2n) is 3.10. The van der Waals surface area contributed by atoms with Crippen LogP contribution in [0, 0.1) is 3.57 Å². The van der Waals surface area contributed by atoms with Crippen LogP contribution in [0.25, 0.3) is 0 Å². The molecule has 1 aromatic carbocycles. The van der Waals surface area contributed by atoms with E-state index >= 15 is 0 Å². The van der Waals surface area contributed by atoms with Crippen molar-refractivity contribution in [2.75, 3.05) is 0 Å². The summed E-state index contributed by atoms with van der Waals surface area (Å²) in [7, 11) is 0. The van der Waals surface area contributed by atoms with E-state index in [1.54, 1.807) is 0 Å². The molecule has 0 radical (unpaired) electrons. The molecule has 0 spiro atoms. The minimum atomic E-state index is -4.93. The lowest BCUT2D eigenvalue weighted by molar-refractivity contribution is -0.145. The van der Waals surface area contributed by atoms with E-state index in [1.165, 1.54) is 22.6 Å². The van der Waals surface area contributed by atoms with Crippen LogP contribution >= 0.6 is 22.6 Å². The summed E-state index contributed by atoms with van der Waals surface area (Å²) in [5, 5.41) is 8.75. The van der Waals surface area contributed by atoms with Crippen LogP contribution in [0.1, 0.15) is 16.7 Å². The zero-order valence-corrected chi connectivity index (χ0v) is 10.1. The molecule has 0 saturated heterocycles. The Kier molecular flexibility index (Phi) is 3.97. The summed E-state index contributed by atoms with van der Waals surface area (Å²) in [5.41, 5.74) is -4.04. The van der Waals surface area contributed by atoms with Gasteiger partial charge in [-0.15, -0.1) is 0 Å². The molecule has 17 heavy (non-hydrogen) atoms. The number of benzene rings is 1. The van der Waals surface area contributed by atoms with E-state index in [-0.39, 0.29) is 3.57 Å². The van der Waals surface area contributed by atoms with Crippen molar-refractivity contribution in [1.82, 2.24) is 0 Å². The molecule has 0 aromatic heterocycles. The molecule has 0 aliphatic carbocycles. The predicted octanol–water partition coefficient (Wildman–Crippen LogP) is 3.82. The molecule has 1 aromatic rings. The van der Waals surface area contributed by atoms with Gasteiger partial charge in [0.25, 0.3) is 0 Å². The Hall–Kier alpha value is -0.510. The molecule has 0 heterocycles. The van der Waals surface area contributed by atoms with Gasteiger partial charge in [0, 0.05) is 9.13 Å². The van der Waals surface area contributed by atoms with Crippen molar-refractivity contribution in [2.45, 2.75) is 19.0 Å². The van der Waals surface area contributed by atoms with Crippen LogP contribution in [0.5, 0.6) is 0 Å². The highest BCUT2D eigenvalue weighted by molar-refractivity contribution is 14.1. The van der Waals surface area contributed by atoms with Crippen LogP contribution in [0.2, 0.25) is 0 Å². The fourth-order valence-electron chi connectivity index (χ4n) is 1.36. The van der Waals surface area contributed by atoms with E-state index in [2.05, 4.69) is 0 Å². The van der Waals surface area contributed by atoms with Crippen molar-refractivity contribution in [3.63, 3.8) is 0 Å². The molecule has 96 valence electrons. The van der Waals surface area contributed by atoms with E-state index < -0.39 is 35.6 Å². The molecule has 1 rings (SSSR count). The van der Waals surface area contributed by atoms with Crippen LogP contribution in [0.15, 0.2) is 12.1 Å². The van der Waals surface area contributed by atoms with Gasteiger partial charge in [0.1, 0.15) is 0 Å². The van der Waals surface area contributed by atoms with Gasteiger partial charge in [-0.25, -0.2) is 0 Å². The SMILES string of the molecule is OCc1c(C(F)(F)F)ccc(I)c1C(F)(F)F. The third-order valence-corrected chi connectivity index (χ3v) is 2.91. The van der Waals surface area contributed by atoms with Gasteiger partial charge in [-0.3, -0.25) is 0 Å². The summed E-state index contributed by atoms with van der Waals surface area (Å²) in [5.74, 6) is 0. The third-order valence-electron chi connectivity index (χ3n) is 2.01. The summed E-state index contributed by atoms with van der Waals surface area (Å²) < 4.78 is 74.7. The number of halogens is 7. The quantitative estimate of drug-likeness (QED) is 0.589.